The molecule has 0 unspecified atom stereocenters. The first-order valence-electron chi connectivity index (χ1n) is 9.80. The first kappa shape index (κ1) is 22.0. The number of halogens is 3. The Morgan fingerprint density at radius 2 is 1.85 bits per heavy atom. The van der Waals surface area contributed by atoms with E-state index in [0.29, 0.717) is 41.6 Å². The first-order valence-corrected chi connectivity index (χ1v) is 11.8. The normalized spacial score (nSPS) is 12.1. The van der Waals surface area contributed by atoms with E-state index < -0.39 is 0 Å². The molecule has 0 bridgehead atoms. The Morgan fingerprint density at radius 1 is 1.03 bits per heavy atom. The van der Waals surface area contributed by atoms with Crippen molar-refractivity contribution in [3.8, 4) is 11.5 Å². The average Bonchev–Trinajstić information content (AvgIpc) is 3.31. The van der Waals surface area contributed by atoms with Crippen LogP contribution >= 0.6 is 46.1 Å². The van der Waals surface area contributed by atoms with E-state index in [1.807, 2.05) is 30.3 Å². The van der Waals surface area contributed by atoms with E-state index in [1.54, 1.807) is 34.7 Å². The van der Waals surface area contributed by atoms with Crippen molar-refractivity contribution >= 4 is 68.2 Å². The van der Waals surface area contributed by atoms with Crippen molar-refractivity contribution in [3.63, 3.8) is 0 Å². The minimum Gasteiger partial charge on any atom is -0.493 e. The van der Waals surface area contributed by atoms with Gasteiger partial charge in [0, 0.05) is 0 Å². The van der Waals surface area contributed by atoms with Gasteiger partial charge in [-0.1, -0.05) is 64.3 Å². The number of para-hydroxylation sites is 2. The van der Waals surface area contributed by atoms with Gasteiger partial charge in [-0.05, 0) is 53.6 Å². The van der Waals surface area contributed by atoms with Crippen LogP contribution in [0.4, 0.5) is 0 Å². The number of ether oxygens (including phenoxy) is 2. The fraction of sp³-hybridized carbons (Fsp3) is 0.0833. The third kappa shape index (κ3) is 4.15. The zero-order valence-corrected chi connectivity index (χ0v) is 20.2. The molecule has 0 aliphatic carbocycles. The van der Waals surface area contributed by atoms with Crippen LogP contribution < -0.4 is 19.6 Å². The molecule has 0 spiro atoms. The van der Waals surface area contributed by atoms with Crippen molar-refractivity contribution in [1.82, 2.24) is 9.38 Å². The van der Waals surface area contributed by atoms with Crippen molar-refractivity contribution < 1.29 is 9.47 Å². The molecule has 2 heterocycles. The topological polar surface area (TPSA) is 52.8 Å². The third-order valence-corrected chi connectivity index (χ3v) is 7.05. The standard InChI is InChI=1S/C24H15Cl3N2O3S/c1-31-20-10-14(9-17(27)22(20)32-12-13-6-7-15(25)16(26)8-13)11-21-23(30)29-19-5-3-2-4-18(19)28-24(29)33-21/h2-11H,12H2,1H3/b21-11+. The highest BCUT2D eigenvalue weighted by molar-refractivity contribution is 7.15. The van der Waals surface area contributed by atoms with Gasteiger partial charge >= 0.3 is 0 Å². The van der Waals surface area contributed by atoms with Gasteiger partial charge in [0.2, 0.25) is 0 Å². The van der Waals surface area contributed by atoms with Crippen LogP contribution in [0.1, 0.15) is 11.1 Å². The zero-order valence-electron chi connectivity index (χ0n) is 17.1. The maximum atomic E-state index is 13.0. The number of methoxy groups -OCH3 is 1. The quantitative estimate of drug-likeness (QED) is 0.287. The van der Waals surface area contributed by atoms with Gasteiger partial charge in [0.25, 0.3) is 5.56 Å². The molecule has 0 aliphatic rings. The molecule has 5 rings (SSSR count). The molecular formula is C24H15Cl3N2O3S. The second-order valence-corrected chi connectivity index (χ2v) is 9.44. The van der Waals surface area contributed by atoms with E-state index in [0.717, 1.165) is 16.6 Å². The Labute approximate surface area is 207 Å². The number of thiazole rings is 1. The van der Waals surface area contributed by atoms with Gasteiger partial charge in [-0.15, -0.1) is 0 Å². The number of hydrogen-bond acceptors (Lipinski definition) is 5. The van der Waals surface area contributed by atoms with E-state index in [2.05, 4.69) is 4.98 Å². The molecule has 0 radical (unpaired) electrons. The third-order valence-electron chi connectivity index (χ3n) is 5.06. The van der Waals surface area contributed by atoms with Crippen LogP contribution in [0.5, 0.6) is 11.5 Å². The second kappa shape index (κ2) is 8.88. The molecule has 166 valence electrons. The van der Waals surface area contributed by atoms with Gasteiger partial charge in [-0.2, -0.15) is 0 Å². The summed E-state index contributed by atoms with van der Waals surface area (Å²) in [6.07, 6.45) is 1.77. The lowest BCUT2D eigenvalue weighted by molar-refractivity contribution is 0.284. The molecule has 9 heteroatoms. The van der Waals surface area contributed by atoms with Gasteiger partial charge in [0.15, 0.2) is 16.5 Å². The summed E-state index contributed by atoms with van der Waals surface area (Å²) < 4.78 is 13.6. The Morgan fingerprint density at radius 3 is 2.64 bits per heavy atom. The van der Waals surface area contributed by atoms with Crippen LogP contribution in [0.3, 0.4) is 0 Å². The number of nitrogens with zero attached hydrogens (tertiary/aromatic N) is 2. The molecular weight excluding hydrogens is 503 g/mol. The van der Waals surface area contributed by atoms with E-state index in [4.69, 9.17) is 44.3 Å². The lowest BCUT2D eigenvalue weighted by atomic mass is 10.2. The molecule has 5 nitrogen and oxygen atoms in total. The van der Waals surface area contributed by atoms with E-state index in [-0.39, 0.29) is 12.2 Å². The summed E-state index contributed by atoms with van der Waals surface area (Å²) in [5.74, 6) is 0.852. The summed E-state index contributed by atoms with van der Waals surface area (Å²) >= 11 is 19.9. The van der Waals surface area contributed by atoms with E-state index in [9.17, 15) is 4.79 Å². The largest absolute Gasteiger partial charge is 0.493 e. The lowest BCUT2D eigenvalue weighted by Crippen LogP contribution is -2.22. The Hall–Kier alpha value is -2.77. The molecule has 33 heavy (non-hydrogen) atoms. The summed E-state index contributed by atoms with van der Waals surface area (Å²) in [5.41, 5.74) is 3.00. The number of fused-ring (bicyclic) bond motifs is 3. The molecule has 0 saturated carbocycles. The highest BCUT2D eigenvalue weighted by atomic mass is 35.5. The van der Waals surface area contributed by atoms with Crippen molar-refractivity contribution in [3.05, 3.63) is 95.7 Å². The first-order chi connectivity index (χ1) is 15.9. The van der Waals surface area contributed by atoms with Gasteiger partial charge in [0.05, 0.1) is 37.7 Å². The lowest BCUT2D eigenvalue weighted by Gasteiger charge is -2.13. The maximum absolute atomic E-state index is 13.0. The molecule has 0 aliphatic heterocycles. The summed E-state index contributed by atoms with van der Waals surface area (Å²) in [6, 6.07) is 16.3. The highest BCUT2D eigenvalue weighted by Crippen LogP contribution is 2.37. The summed E-state index contributed by atoms with van der Waals surface area (Å²) in [5, 5.41) is 1.28. The SMILES string of the molecule is COc1cc(/C=c2/sc3nc4ccccc4n3c2=O)cc(Cl)c1OCc1ccc(Cl)c(Cl)c1. The Bertz CT molecular complexity index is 1630. The van der Waals surface area contributed by atoms with Gasteiger partial charge in [-0.3, -0.25) is 4.79 Å². The van der Waals surface area contributed by atoms with Gasteiger partial charge in [0.1, 0.15) is 6.61 Å². The second-order valence-electron chi connectivity index (χ2n) is 7.21. The predicted octanol–water partition coefficient (Wildman–Crippen LogP) is 6.00. The Balaban J connectivity index is 1.50. The zero-order chi connectivity index (χ0) is 23.1. The maximum Gasteiger partial charge on any atom is 0.274 e. The van der Waals surface area contributed by atoms with Crippen LogP contribution in [-0.2, 0) is 6.61 Å². The van der Waals surface area contributed by atoms with E-state index >= 15 is 0 Å². The monoisotopic (exact) mass is 516 g/mol. The minimum atomic E-state index is -0.126. The number of imidazole rings is 1. The molecule has 3 aromatic carbocycles. The van der Waals surface area contributed by atoms with Crippen LogP contribution in [-0.4, -0.2) is 16.5 Å². The van der Waals surface area contributed by atoms with Gasteiger partial charge < -0.3 is 9.47 Å². The number of benzene rings is 3. The summed E-state index contributed by atoms with van der Waals surface area (Å²) in [6.45, 7) is 0.232. The van der Waals surface area contributed by atoms with Crippen molar-refractivity contribution in [1.29, 1.82) is 0 Å². The van der Waals surface area contributed by atoms with Gasteiger partial charge in [-0.25, -0.2) is 9.38 Å². The number of aromatic nitrogens is 2. The van der Waals surface area contributed by atoms with Crippen LogP contribution in [0.25, 0.3) is 22.1 Å². The van der Waals surface area contributed by atoms with Crippen LogP contribution in [0, 0.1) is 0 Å². The smallest absolute Gasteiger partial charge is 0.274 e. The molecule has 0 amide bonds. The molecule has 0 saturated heterocycles. The van der Waals surface area contributed by atoms with Crippen LogP contribution in [0.2, 0.25) is 15.1 Å². The minimum absolute atomic E-state index is 0.126. The Kier molecular flexibility index (Phi) is 5.93. The van der Waals surface area contributed by atoms with Crippen molar-refractivity contribution in [2.45, 2.75) is 6.61 Å². The van der Waals surface area contributed by atoms with Crippen molar-refractivity contribution in [2.24, 2.45) is 0 Å². The summed E-state index contributed by atoms with van der Waals surface area (Å²) in [7, 11) is 1.53. The average molecular weight is 518 g/mol. The van der Waals surface area contributed by atoms with E-state index in [1.165, 1.54) is 18.4 Å². The van der Waals surface area contributed by atoms with Crippen molar-refractivity contribution in [2.75, 3.05) is 7.11 Å². The number of hydrogen-bond donors (Lipinski definition) is 0. The number of rotatable bonds is 5. The molecule has 5 aromatic rings. The molecule has 0 atom stereocenters. The highest BCUT2D eigenvalue weighted by Gasteiger charge is 2.14. The fourth-order valence-electron chi connectivity index (χ4n) is 3.51. The van der Waals surface area contributed by atoms with Crippen LogP contribution in [0.15, 0.2) is 59.4 Å². The molecule has 0 fully saturated rings. The fourth-order valence-corrected chi connectivity index (χ4v) is 5.09. The molecule has 2 aromatic heterocycles. The predicted molar refractivity (Wildman–Crippen MR) is 134 cm³/mol. The summed E-state index contributed by atoms with van der Waals surface area (Å²) in [4.78, 5) is 18.2. The molecule has 0 N–H and O–H groups in total.